The standard InChI is InChI=1S/C22H30N2O4/c25-20(18-9-5-2-6-10-18)24-19(21(26)27)16-28-22(24)11-13-23(14-12-22)15-17-7-3-1-4-8-17/h1,3-4,7-8,18-19H,2,5-6,9-16H2,(H,26,27)/t19-/m1/s1. The Morgan fingerprint density at radius 1 is 1.07 bits per heavy atom. The molecule has 1 spiro atoms. The van der Waals surface area contributed by atoms with E-state index in [0.29, 0.717) is 12.8 Å². The van der Waals surface area contributed by atoms with Gasteiger partial charge in [-0.3, -0.25) is 14.6 Å². The number of carboxylic acids is 1. The van der Waals surface area contributed by atoms with Gasteiger partial charge < -0.3 is 9.84 Å². The van der Waals surface area contributed by atoms with Gasteiger partial charge in [0, 0.05) is 38.4 Å². The van der Waals surface area contributed by atoms with E-state index in [1.54, 1.807) is 4.90 Å². The topological polar surface area (TPSA) is 70.1 Å². The average molecular weight is 386 g/mol. The molecule has 0 bridgehead atoms. The average Bonchev–Trinajstić information content (AvgIpc) is 3.10. The van der Waals surface area contributed by atoms with Crippen LogP contribution in [0.4, 0.5) is 0 Å². The number of likely N-dealkylation sites (tertiary alicyclic amines) is 1. The van der Waals surface area contributed by atoms with Crippen molar-refractivity contribution in [3.63, 3.8) is 0 Å². The molecule has 28 heavy (non-hydrogen) atoms. The molecule has 1 aliphatic carbocycles. The van der Waals surface area contributed by atoms with Crippen LogP contribution in [0.3, 0.4) is 0 Å². The third kappa shape index (κ3) is 3.80. The first-order valence-corrected chi connectivity index (χ1v) is 10.6. The lowest BCUT2D eigenvalue weighted by Crippen LogP contribution is -2.59. The number of hydrogen-bond donors (Lipinski definition) is 1. The number of benzene rings is 1. The van der Waals surface area contributed by atoms with Gasteiger partial charge in [0.25, 0.3) is 0 Å². The predicted molar refractivity (Wildman–Crippen MR) is 104 cm³/mol. The number of piperidine rings is 1. The monoisotopic (exact) mass is 386 g/mol. The summed E-state index contributed by atoms with van der Waals surface area (Å²) in [6.07, 6.45) is 6.36. The van der Waals surface area contributed by atoms with E-state index in [4.69, 9.17) is 4.74 Å². The van der Waals surface area contributed by atoms with Crippen LogP contribution in [-0.4, -0.2) is 58.2 Å². The fourth-order valence-electron chi connectivity index (χ4n) is 5.03. The summed E-state index contributed by atoms with van der Waals surface area (Å²) in [7, 11) is 0. The minimum absolute atomic E-state index is 0.00103. The van der Waals surface area contributed by atoms with E-state index in [1.807, 2.05) is 18.2 Å². The highest BCUT2D eigenvalue weighted by molar-refractivity contribution is 5.86. The van der Waals surface area contributed by atoms with Crippen LogP contribution < -0.4 is 0 Å². The van der Waals surface area contributed by atoms with Gasteiger partial charge in [-0.2, -0.15) is 0 Å². The van der Waals surface area contributed by atoms with Crippen molar-refractivity contribution in [3.8, 4) is 0 Å². The molecule has 6 nitrogen and oxygen atoms in total. The molecule has 1 amide bonds. The molecule has 152 valence electrons. The van der Waals surface area contributed by atoms with Gasteiger partial charge >= 0.3 is 5.97 Å². The highest BCUT2D eigenvalue weighted by Gasteiger charge is 2.54. The third-order valence-corrected chi connectivity index (χ3v) is 6.62. The number of hydrogen-bond acceptors (Lipinski definition) is 4. The molecule has 1 saturated carbocycles. The molecule has 0 radical (unpaired) electrons. The van der Waals surface area contributed by atoms with Gasteiger partial charge in [0.2, 0.25) is 5.91 Å². The van der Waals surface area contributed by atoms with E-state index in [0.717, 1.165) is 45.3 Å². The number of aliphatic carboxylic acids is 1. The number of amides is 1. The van der Waals surface area contributed by atoms with Gasteiger partial charge in [0.05, 0.1) is 6.61 Å². The molecule has 1 atom stereocenters. The summed E-state index contributed by atoms with van der Waals surface area (Å²) in [6, 6.07) is 9.49. The summed E-state index contributed by atoms with van der Waals surface area (Å²) < 4.78 is 6.08. The largest absolute Gasteiger partial charge is 0.480 e. The molecular weight excluding hydrogens is 356 g/mol. The van der Waals surface area contributed by atoms with Crippen molar-refractivity contribution in [1.29, 1.82) is 0 Å². The molecule has 2 aliphatic heterocycles. The van der Waals surface area contributed by atoms with Crippen molar-refractivity contribution in [2.75, 3.05) is 19.7 Å². The quantitative estimate of drug-likeness (QED) is 0.862. The Balaban J connectivity index is 1.47. The van der Waals surface area contributed by atoms with Crippen molar-refractivity contribution >= 4 is 11.9 Å². The minimum atomic E-state index is -0.951. The Bertz CT molecular complexity index is 694. The van der Waals surface area contributed by atoms with Crippen molar-refractivity contribution in [1.82, 2.24) is 9.80 Å². The molecule has 6 heteroatoms. The second-order valence-corrected chi connectivity index (χ2v) is 8.42. The maximum Gasteiger partial charge on any atom is 0.328 e. The Morgan fingerprint density at radius 2 is 1.75 bits per heavy atom. The molecule has 3 aliphatic rings. The normalized spacial score (nSPS) is 25.9. The SMILES string of the molecule is O=C(O)[C@H]1COC2(CCN(Cc3ccccc3)CC2)N1C(=O)C1CCCCC1. The summed E-state index contributed by atoms with van der Waals surface area (Å²) >= 11 is 0. The summed E-state index contributed by atoms with van der Waals surface area (Å²) in [4.78, 5) is 29.2. The summed E-state index contributed by atoms with van der Waals surface area (Å²) in [5.41, 5.74) is 0.523. The summed E-state index contributed by atoms with van der Waals surface area (Å²) in [5, 5.41) is 9.71. The lowest BCUT2D eigenvalue weighted by Gasteiger charge is -2.45. The molecule has 1 aromatic carbocycles. The molecule has 3 fully saturated rings. The van der Waals surface area contributed by atoms with Crippen LogP contribution in [0, 0.1) is 5.92 Å². The molecule has 1 aromatic rings. The Labute approximate surface area is 166 Å². The lowest BCUT2D eigenvalue weighted by atomic mass is 9.86. The third-order valence-electron chi connectivity index (χ3n) is 6.62. The molecule has 2 saturated heterocycles. The number of ether oxygens (including phenoxy) is 1. The fraction of sp³-hybridized carbons (Fsp3) is 0.636. The number of carbonyl (C=O) groups is 2. The number of nitrogens with zero attached hydrogens (tertiary/aromatic N) is 2. The lowest BCUT2D eigenvalue weighted by molar-refractivity contribution is -0.170. The number of carbonyl (C=O) groups excluding carboxylic acids is 1. The van der Waals surface area contributed by atoms with Gasteiger partial charge in [-0.25, -0.2) is 4.79 Å². The first-order valence-electron chi connectivity index (χ1n) is 10.6. The molecular formula is C22H30N2O4. The van der Waals surface area contributed by atoms with E-state index in [9.17, 15) is 14.7 Å². The van der Waals surface area contributed by atoms with Gasteiger partial charge in [0.15, 0.2) is 6.04 Å². The van der Waals surface area contributed by atoms with E-state index in [1.165, 1.54) is 12.0 Å². The van der Waals surface area contributed by atoms with Crippen LogP contribution >= 0.6 is 0 Å². The molecule has 1 N–H and O–H groups in total. The number of carboxylic acid groups (broad SMARTS) is 1. The minimum Gasteiger partial charge on any atom is -0.480 e. The van der Waals surface area contributed by atoms with Gasteiger partial charge in [0.1, 0.15) is 5.72 Å². The van der Waals surface area contributed by atoms with Crippen molar-refractivity contribution in [2.24, 2.45) is 5.92 Å². The van der Waals surface area contributed by atoms with Crippen molar-refractivity contribution in [3.05, 3.63) is 35.9 Å². The summed E-state index contributed by atoms with van der Waals surface area (Å²) in [5.74, 6) is -0.995. The van der Waals surface area contributed by atoms with Gasteiger partial charge in [-0.05, 0) is 18.4 Å². The molecule has 2 heterocycles. The predicted octanol–water partition coefficient (Wildman–Crippen LogP) is 2.87. The second-order valence-electron chi connectivity index (χ2n) is 8.42. The van der Waals surface area contributed by atoms with Crippen LogP contribution in [0.25, 0.3) is 0 Å². The summed E-state index contributed by atoms with van der Waals surface area (Å²) in [6.45, 7) is 2.58. The van der Waals surface area contributed by atoms with Crippen LogP contribution in [0.2, 0.25) is 0 Å². The number of rotatable bonds is 4. The van der Waals surface area contributed by atoms with Crippen LogP contribution in [0.5, 0.6) is 0 Å². The van der Waals surface area contributed by atoms with Crippen LogP contribution in [-0.2, 0) is 20.9 Å². The van der Waals surface area contributed by atoms with Crippen molar-refractivity contribution in [2.45, 2.75) is 63.3 Å². The second kappa shape index (κ2) is 8.21. The van der Waals surface area contributed by atoms with Crippen LogP contribution in [0.15, 0.2) is 30.3 Å². The zero-order valence-corrected chi connectivity index (χ0v) is 16.4. The zero-order valence-electron chi connectivity index (χ0n) is 16.4. The molecule has 4 rings (SSSR count). The van der Waals surface area contributed by atoms with E-state index < -0.39 is 17.7 Å². The maximum absolute atomic E-state index is 13.3. The van der Waals surface area contributed by atoms with E-state index in [-0.39, 0.29) is 18.4 Å². The fourth-order valence-corrected chi connectivity index (χ4v) is 5.03. The van der Waals surface area contributed by atoms with Gasteiger partial charge in [-0.1, -0.05) is 49.6 Å². The maximum atomic E-state index is 13.3. The van der Waals surface area contributed by atoms with Crippen molar-refractivity contribution < 1.29 is 19.4 Å². The molecule has 0 aromatic heterocycles. The first-order chi connectivity index (χ1) is 13.6. The van der Waals surface area contributed by atoms with Gasteiger partial charge in [-0.15, -0.1) is 0 Å². The Kier molecular flexibility index (Phi) is 5.69. The Hall–Kier alpha value is -1.92. The first kappa shape index (κ1) is 19.4. The molecule has 0 unspecified atom stereocenters. The Morgan fingerprint density at radius 3 is 2.39 bits per heavy atom. The highest BCUT2D eigenvalue weighted by Crippen LogP contribution is 2.40. The zero-order chi connectivity index (χ0) is 19.6. The van der Waals surface area contributed by atoms with E-state index in [2.05, 4.69) is 17.0 Å². The smallest absolute Gasteiger partial charge is 0.328 e. The van der Waals surface area contributed by atoms with Crippen LogP contribution in [0.1, 0.15) is 50.5 Å². The van der Waals surface area contributed by atoms with E-state index >= 15 is 0 Å². The highest BCUT2D eigenvalue weighted by atomic mass is 16.5.